The fraction of sp³-hybridized carbons (Fsp3) is 0.273. The summed E-state index contributed by atoms with van der Waals surface area (Å²) in [4.78, 5) is 27.2. The van der Waals surface area contributed by atoms with Gasteiger partial charge in [-0.25, -0.2) is 0 Å². The Hall–Kier alpha value is -2.88. The van der Waals surface area contributed by atoms with E-state index < -0.39 is 17.7 Å². The largest absolute Gasteiger partial charge is 0.503 e. The topological polar surface area (TPSA) is 57.6 Å². The molecule has 1 aliphatic heterocycles. The molecule has 1 aliphatic rings. The van der Waals surface area contributed by atoms with Crippen molar-refractivity contribution in [2.45, 2.75) is 33.7 Å². The molecular weight excluding hydrogens is 326 g/mol. The molecule has 0 spiro atoms. The Kier molecular flexibility index (Phi) is 4.68. The second-order valence-corrected chi connectivity index (χ2v) is 7.05. The van der Waals surface area contributed by atoms with Crippen molar-refractivity contribution >= 4 is 17.4 Å². The van der Waals surface area contributed by atoms with E-state index in [2.05, 4.69) is 0 Å². The van der Waals surface area contributed by atoms with Crippen LogP contribution in [0.4, 0.5) is 5.69 Å². The molecule has 26 heavy (non-hydrogen) atoms. The molecule has 4 nitrogen and oxygen atoms in total. The van der Waals surface area contributed by atoms with Gasteiger partial charge in [0.05, 0.1) is 11.6 Å². The number of Topliss-reactive ketones (excluding diaryl/α,β-unsaturated/α-hetero) is 1. The molecule has 0 bridgehead atoms. The van der Waals surface area contributed by atoms with Crippen LogP contribution in [-0.2, 0) is 9.59 Å². The smallest absolute Gasteiger partial charge is 0.294 e. The van der Waals surface area contributed by atoms with E-state index in [4.69, 9.17) is 0 Å². The SMILES string of the molecule is Cc1ccc(N2C(=O)C(O)=C(C(=O)C(C)C)C2c2ccccc2C)cc1. The first kappa shape index (κ1) is 17.9. The molecule has 4 heteroatoms. The third-order valence-electron chi connectivity index (χ3n) is 4.79. The molecule has 1 amide bonds. The van der Waals surface area contributed by atoms with E-state index in [1.807, 2.05) is 62.4 Å². The van der Waals surface area contributed by atoms with Gasteiger partial charge < -0.3 is 5.11 Å². The van der Waals surface area contributed by atoms with Crippen LogP contribution >= 0.6 is 0 Å². The van der Waals surface area contributed by atoms with E-state index in [0.717, 1.165) is 16.7 Å². The highest BCUT2D eigenvalue weighted by Gasteiger charge is 2.45. The van der Waals surface area contributed by atoms with Gasteiger partial charge in [-0.3, -0.25) is 14.5 Å². The molecule has 1 unspecified atom stereocenters. The fourth-order valence-corrected chi connectivity index (χ4v) is 3.33. The van der Waals surface area contributed by atoms with Crippen LogP contribution in [0.1, 0.15) is 36.6 Å². The Balaban J connectivity index is 2.21. The van der Waals surface area contributed by atoms with Crippen LogP contribution in [-0.4, -0.2) is 16.8 Å². The van der Waals surface area contributed by atoms with Gasteiger partial charge in [-0.15, -0.1) is 0 Å². The summed E-state index contributed by atoms with van der Waals surface area (Å²) in [5, 5.41) is 10.6. The molecule has 0 fully saturated rings. The summed E-state index contributed by atoms with van der Waals surface area (Å²) < 4.78 is 0. The number of nitrogens with zero attached hydrogens (tertiary/aromatic N) is 1. The number of ketones is 1. The minimum absolute atomic E-state index is 0.180. The summed E-state index contributed by atoms with van der Waals surface area (Å²) in [7, 11) is 0. The zero-order valence-electron chi connectivity index (χ0n) is 15.5. The lowest BCUT2D eigenvalue weighted by Gasteiger charge is -2.28. The zero-order valence-corrected chi connectivity index (χ0v) is 15.5. The molecule has 2 aromatic carbocycles. The van der Waals surface area contributed by atoms with Crippen molar-refractivity contribution < 1.29 is 14.7 Å². The molecule has 1 atom stereocenters. The van der Waals surface area contributed by atoms with E-state index in [-0.39, 0.29) is 17.3 Å². The van der Waals surface area contributed by atoms with Crippen LogP contribution in [0.2, 0.25) is 0 Å². The summed E-state index contributed by atoms with van der Waals surface area (Å²) in [5.74, 6) is -1.51. The lowest BCUT2D eigenvalue weighted by Crippen LogP contribution is -2.31. The Morgan fingerprint density at radius 2 is 1.65 bits per heavy atom. The molecule has 0 aromatic heterocycles. The third kappa shape index (κ3) is 2.92. The maximum absolute atomic E-state index is 12.9. The molecular formula is C22H23NO3. The molecule has 0 saturated heterocycles. The number of aryl methyl sites for hydroxylation is 2. The minimum Gasteiger partial charge on any atom is -0.503 e. The van der Waals surface area contributed by atoms with Crippen LogP contribution in [0.5, 0.6) is 0 Å². The fourth-order valence-electron chi connectivity index (χ4n) is 3.33. The van der Waals surface area contributed by atoms with Gasteiger partial charge in [-0.2, -0.15) is 0 Å². The highest BCUT2D eigenvalue weighted by atomic mass is 16.3. The third-order valence-corrected chi connectivity index (χ3v) is 4.79. The number of hydrogen-bond acceptors (Lipinski definition) is 3. The molecule has 2 aromatic rings. The number of aliphatic hydroxyl groups excluding tert-OH is 1. The van der Waals surface area contributed by atoms with Crippen molar-refractivity contribution in [3.05, 3.63) is 76.6 Å². The van der Waals surface area contributed by atoms with E-state index in [1.54, 1.807) is 13.8 Å². The van der Waals surface area contributed by atoms with Gasteiger partial charge in [0.2, 0.25) is 0 Å². The van der Waals surface area contributed by atoms with Crippen molar-refractivity contribution in [1.82, 2.24) is 0 Å². The van der Waals surface area contributed by atoms with Crippen molar-refractivity contribution in [2.75, 3.05) is 4.90 Å². The minimum atomic E-state index is -0.624. The summed E-state index contributed by atoms with van der Waals surface area (Å²) in [5.41, 5.74) is 3.72. The molecule has 0 aliphatic carbocycles. The predicted octanol–water partition coefficient (Wildman–Crippen LogP) is 4.43. The van der Waals surface area contributed by atoms with Crippen molar-refractivity contribution in [3.8, 4) is 0 Å². The first-order chi connectivity index (χ1) is 12.3. The highest BCUT2D eigenvalue weighted by Crippen LogP contribution is 2.42. The van der Waals surface area contributed by atoms with Crippen LogP contribution in [0, 0.1) is 19.8 Å². The van der Waals surface area contributed by atoms with Crippen LogP contribution < -0.4 is 4.90 Å². The second-order valence-electron chi connectivity index (χ2n) is 7.05. The van der Waals surface area contributed by atoms with Gasteiger partial charge in [-0.05, 0) is 37.1 Å². The summed E-state index contributed by atoms with van der Waals surface area (Å²) >= 11 is 0. The number of rotatable bonds is 4. The molecule has 1 N–H and O–H groups in total. The first-order valence-corrected chi connectivity index (χ1v) is 8.76. The number of hydrogen-bond donors (Lipinski definition) is 1. The summed E-state index contributed by atoms with van der Waals surface area (Å²) in [6, 6.07) is 14.5. The number of carbonyl (C=O) groups is 2. The van der Waals surface area contributed by atoms with Crippen LogP contribution in [0.15, 0.2) is 59.9 Å². The van der Waals surface area contributed by atoms with Crippen molar-refractivity contribution in [2.24, 2.45) is 5.92 Å². The van der Waals surface area contributed by atoms with Gasteiger partial charge in [0, 0.05) is 11.6 Å². The maximum atomic E-state index is 12.9. The monoisotopic (exact) mass is 349 g/mol. The summed E-state index contributed by atoms with van der Waals surface area (Å²) in [6.45, 7) is 7.46. The van der Waals surface area contributed by atoms with Gasteiger partial charge >= 0.3 is 0 Å². The van der Waals surface area contributed by atoms with Gasteiger partial charge in [0.1, 0.15) is 0 Å². The van der Waals surface area contributed by atoms with Gasteiger partial charge in [0.25, 0.3) is 5.91 Å². The van der Waals surface area contributed by atoms with Crippen LogP contribution in [0.25, 0.3) is 0 Å². The number of amides is 1. The second kappa shape index (κ2) is 6.79. The Labute approximate surface area is 153 Å². The number of aliphatic hydroxyl groups is 1. The lowest BCUT2D eigenvalue weighted by atomic mass is 9.89. The summed E-state index contributed by atoms with van der Waals surface area (Å²) in [6.07, 6.45) is 0. The Morgan fingerprint density at radius 3 is 2.23 bits per heavy atom. The first-order valence-electron chi connectivity index (χ1n) is 8.76. The number of anilines is 1. The quantitative estimate of drug-likeness (QED) is 0.888. The van der Waals surface area contributed by atoms with Crippen molar-refractivity contribution in [1.29, 1.82) is 0 Å². The van der Waals surface area contributed by atoms with E-state index in [1.165, 1.54) is 4.90 Å². The van der Waals surface area contributed by atoms with E-state index in [0.29, 0.717) is 5.69 Å². The molecule has 0 saturated carbocycles. The Morgan fingerprint density at radius 1 is 1.04 bits per heavy atom. The lowest BCUT2D eigenvalue weighted by molar-refractivity contribution is -0.119. The van der Waals surface area contributed by atoms with Crippen molar-refractivity contribution in [3.63, 3.8) is 0 Å². The van der Waals surface area contributed by atoms with Crippen LogP contribution in [0.3, 0.4) is 0 Å². The zero-order chi connectivity index (χ0) is 19.0. The number of carbonyl (C=O) groups excluding carboxylic acids is 2. The number of benzene rings is 2. The van der Waals surface area contributed by atoms with Gasteiger partial charge in [-0.1, -0.05) is 55.8 Å². The Bertz CT molecular complexity index is 894. The molecule has 3 rings (SSSR count). The molecule has 1 heterocycles. The van der Waals surface area contributed by atoms with E-state index >= 15 is 0 Å². The van der Waals surface area contributed by atoms with Gasteiger partial charge in [0.15, 0.2) is 11.5 Å². The predicted molar refractivity (Wildman–Crippen MR) is 102 cm³/mol. The van der Waals surface area contributed by atoms with E-state index in [9.17, 15) is 14.7 Å². The average Bonchev–Trinajstić information content (AvgIpc) is 2.87. The molecule has 0 radical (unpaired) electrons. The average molecular weight is 349 g/mol. The highest BCUT2D eigenvalue weighted by molar-refractivity contribution is 6.16. The standard InChI is InChI=1S/C22H23NO3/c1-13(2)20(24)18-19(17-8-6-5-7-15(17)4)23(22(26)21(18)25)16-11-9-14(3)10-12-16/h5-13,19,25H,1-4H3. The maximum Gasteiger partial charge on any atom is 0.294 e. The molecule has 134 valence electrons. The normalized spacial score (nSPS) is 17.3.